The van der Waals surface area contributed by atoms with Crippen LogP contribution in [0.2, 0.25) is 0 Å². The maximum absolute atomic E-state index is 13.7. The number of hydrogen-bond acceptors (Lipinski definition) is 5. The van der Waals surface area contributed by atoms with Crippen molar-refractivity contribution in [3.8, 4) is 11.4 Å². The molecule has 0 saturated carbocycles. The van der Waals surface area contributed by atoms with Gasteiger partial charge in [-0.05, 0) is 42.8 Å². The lowest BCUT2D eigenvalue weighted by atomic mass is 10.1. The lowest BCUT2D eigenvalue weighted by molar-refractivity contribution is -0.137. The average Bonchev–Trinajstić information content (AvgIpc) is 3.45. The van der Waals surface area contributed by atoms with Gasteiger partial charge in [0.1, 0.15) is 29.4 Å². The largest absolute Gasteiger partial charge is 0.494 e. The van der Waals surface area contributed by atoms with Gasteiger partial charge in [-0.15, -0.1) is 0 Å². The van der Waals surface area contributed by atoms with Crippen LogP contribution in [0.3, 0.4) is 0 Å². The molecule has 0 amide bonds. The predicted octanol–water partition coefficient (Wildman–Crippen LogP) is 5.72. The highest BCUT2D eigenvalue weighted by Gasteiger charge is 2.32. The maximum atomic E-state index is 13.7. The normalized spacial score (nSPS) is 11.7. The van der Waals surface area contributed by atoms with Gasteiger partial charge >= 0.3 is 6.18 Å². The van der Waals surface area contributed by atoms with Gasteiger partial charge in [0.25, 0.3) is 0 Å². The molecule has 0 aliphatic heterocycles. The maximum Gasteiger partial charge on any atom is 0.417 e. The van der Waals surface area contributed by atoms with Crippen molar-refractivity contribution < 1.29 is 22.3 Å². The molecule has 3 heterocycles. The van der Waals surface area contributed by atoms with E-state index in [1.165, 1.54) is 29.8 Å². The minimum atomic E-state index is -4.56. The molecule has 0 aliphatic rings. The van der Waals surface area contributed by atoms with Gasteiger partial charge in [-0.1, -0.05) is 12.1 Å². The molecule has 0 unspecified atom stereocenters. The van der Waals surface area contributed by atoms with Crippen LogP contribution in [-0.2, 0) is 12.6 Å². The first-order valence-corrected chi connectivity index (χ1v) is 10.9. The number of aromatic nitrogens is 5. The Morgan fingerprint density at radius 3 is 2.47 bits per heavy atom. The summed E-state index contributed by atoms with van der Waals surface area (Å²) in [7, 11) is 1.49. The number of imidazole rings is 1. The number of benzene rings is 2. The number of rotatable bonds is 6. The van der Waals surface area contributed by atoms with E-state index >= 15 is 0 Å². The van der Waals surface area contributed by atoms with E-state index in [1.807, 2.05) is 0 Å². The van der Waals surface area contributed by atoms with Gasteiger partial charge in [0.15, 0.2) is 5.65 Å². The molecule has 0 bridgehead atoms. The van der Waals surface area contributed by atoms with E-state index in [1.54, 1.807) is 48.3 Å². The summed E-state index contributed by atoms with van der Waals surface area (Å²) in [5, 5.41) is 7.32. The van der Waals surface area contributed by atoms with E-state index < -0.39 is 11.7 Å². The fraction of sp³-hybridized carbons (Fsp3) is 0.160. The number of aryl methyl sites for hydroxylation is 1. The van der Waals surface area contributed by atoms with E-state index in [0.29, 0.717) is 40.7 Å². The standard InChI is InChI=1S/C25H20F4N6O/c1-15-30-14-35(33-15)22-8-7-19(11-23(22)36-2)31-21-10-17(25(27,28)29)12-34-13-20(32-24(21)34)9-16-3-5-18(26)6-4-16/h3-8,10-14,31H,9H2,1-2H3. The van der Waals surface area contributed by atoms with Crippen LogP contribution in [0.5, 0.6) is 5.75 Å². The summed E-state index contributed by atoms with van der Waals surface area (Å²) in [6, 6.07) is 12.0. The number of hydrogen-bond donors (Lipinski definition) is 1. The molecule has 0 atom stereocenters. The summed E-state index contributed by atoms with van der Waals surface area (Å²) in [6.07, 6.45) is -0.140. The van der Waals surface area contributed by atoms with Gasteiger partial charge in [0.05, 0.1) is 24.1 Å². The molecule has 184 valence electrons. The lowest BCUT2D eigenvalue weighted by Gasteiger charge is -2.14. The highest BCUT2D eigenvalue weighted by atomic mass is 19.4. The second-order valence-electron chi connectivity index (χ2n) is 8.15. The number of alkyl halides is 3. The molecule has 0 radical (unpaired) electrons. The zero-order valence-electron chi connectivity index (χ0n) is 19.2. The SMILES string of the molecule is COc1cc(Nc2cc(C(F)(F)F)cn3cc(Cc4ccc(F)cc4)nc23)ccc1-n1cnc(C)n1. The van der Waals surface area contributed by atoms with E-state index in [-0.39, 0.29) is 11.5 Å². The number of nitrogens with one attached hydrogen (secondary N) is 1. The van der Waals surface area contributed by atoms with Crippen LogP contribution in [0.1, 0.15) is 22.6 Å². The van der Waals surface area contributed by atoms with Crippen molar-refractivity contribution in [3.05, 3.63) is 95.7 Å². The Labute approximate surface area is 203 Å². The molecule has 1 N–H and O–H groups in total. The Morgan fingerprint density at radius 1 is 1.03 bits per heavy atom. The zero-order chi connectivity index (χ0) is 25.4. The number of fused-ring (bicyclic) bond motifs is 1. The van der Waals surface area contributed by atoms with Crippen LogP contribution in [0, 0.1) is 12.7 Å². The monoisotopic (exact) mass is 496 g/mol. The van der Waals surface area contributed by atoms with Crippen molar-refractivity contribution >= 4 is 17.0 Å². The third kappa shape index (κ3) is 4.72. The Bertz CT molecular complexity index is 1540. The highest BCUT2D eigenvalue weighted by molar-refractivity contribution is 5.76. The second-order valence-corrected chi connectivity index (χ2v) is 8.15. The molecular weight excluding hydrogens is 476 g/mol. The van der Waals surface area contributed by atoms with Crippen molar-refractivity contribution in [3.63, 3.8) is 0 Å². The molecule has 0 saturated heterocycles. The number of halogens is 4. The van der Waals surface area contributed by atoms with Crippen LogP contribution < -0.4 is 10.1 Å². The van der Waals surface area contributed by atoms with Crippen molar-refractivity contribution in [2.75, 3.05) is 12.4 Å². The van der Waals surface area contributed by atoms with Gasteiger partial charge < -0.3 is 14.5 Å². The summed E-state index contributed by atoms with van der Waals surface area (Å²) in [4.78, 5) is 8.65. The van der Waals surface area contributed by atoms with E-state index in [2.05, 4.69) is 20.4 Å². The highest BCUT2D eigenvalue weighted by Crippen LogP contribution is 2.35. The van der Waals surface area contributed by atoms with Crippen molar-refractivity contribution in [1.29, 1.82) is 0 Å². The fourth-order valence-electron chi connectivity index (χ4n) is 3.85. The fourth-order valence-corrected chi connectivity index (χ4v) is 3.85. The van der Waals surface area contributed by atoms with Crippen molar-refractivity contribution in [2.45, 2.75) is 19.5 Å². The summed E-state index contributed by atoms with van der Waals surface area (Å²) in [5.74, 6) is 0.671. The Balaban J connectivity index is 1.53. The Hall–Kier alpha value is -4.41. The zero-order valence-corrected chi connectivity index (χ0v) is 19.2. The minimum absolute atomic E-state index is 0.168. The second kappa shape index (κ2) is 8.99. The number of methoxy groups -OCH3 is 1. The molecule has 7 nitrogen and oxygen atoms in total. The quantitative estimate of drug-likeness (QED) is 0.305. The topological polar surface area (TPSA) is 69.3 Å². The number of nitrogens with zero attached hydrogens (tertiary/aromatic N) is 5. The minimum Gasteiger partial charge on any atom is -0.494 e. The van der Waals surface area contributed by atoms with Crippen molar-refractivity contribution in [1.82, 2.24) is 24.1 Å². The Morgan fingerprint density at radius 2 is 1.81 bits per heavy atom. The summed E-state index contributed by atoms with van der Waals surface area (Å²) in [6.45, 7) is 1.76. The molecule has 0 spiro atoms. The molecule has 0 aliphatic carbocycles. The summed E-state index contributed by atoms with van der Waals surface area (Å²) >= 11 is 0. The first kappa shape index (κ1) is 23.3. The lowest BCUT2D eigenvalue weighted by Crippen LogP contribution is -2.08. The summed E-state index contributed by atoms with van der Waals surface area (Å²) < 4.78 is 62.6. The number of ether oxygens (including phenoxy) is 1. The van der Waals surface area contributed by atoms with Gasteiger partial charge in [0, 0.05) is 30.6 Å². The molecule has 11 heteroatoms. The van der Waals surface area contributed by atoms with Crippen LogP contribution in [-0.4, -0.2) is 31.3 Å². The number of anilines is 2. The first-order valence-electron chi connectivity index (χ1n) is 10.9. The van der Waals surface area contributed by atoms with Crippen LogP contribution in [0.15, 0.2) is 67.3 Å². The van der Waals surface area contributed by atoms with Gasteiger partial charge in [-0.3, -0.25) is 0 Å². The third-order valence-electron chi connectivity index (χ3n) is 5.54. The van der Waals surface area contributed by atoms with E-state index in [9.17, 15) is 17.6 Å². The molecule has 0 fully saturated rings. The Kier molecular flexibility index (Phi) is 5.83. The average molecular weight is 496 g/mol. The van der Waals surface area contributed by atoms with Crippen LogP contribution in [0.25, 0.3) is 11.3 Å². The molecule has 3 aromatic heterocycles. The number of pyridine rings is 1. The smallest absolute Gasteiger partial charge is 0.417 e. The van der Waals surface area contributed by atoms with Crippen LogP contribution >= 0.6 is 0 Å². The van der Waals surface area contributed by atoms with Gasteiger partial charge in [-0.25, -0.2) is 19.0 Å². The molecule has 36 heavy (non-hydrogen) atoms. The molecule has 2 aromatic carbocycles. The van der Waals surface area contributed by atoms with E-state index in [4.69, 9.17) is 4.74 Å². The van der Waals surface area contributed by atoms with E-state index in [0.717, 1.165) is 17.8 Å². The molecule has 5 aromatic rings. The van der Waals surface area contributed by atoms with Crippen molar-refractivity contribution in [2.24, 2.45) is 0 Å². The third-order valence-corrected chi connectivity index (χ3v) is 5.54. The predicted molar refractivity (Wildman–Crippen MR) is 125 cm³/mol. The molecule has 5 rings (SSSR count). The molecular formula is C25H20F4N6O. The summed E-state index contributed by atoms with van der Waals surface area (Å²) in [5.41, 5.74) is 2.10. The first-order chi connectivity index (χ1) is 17.2. The van der Waals surface area contributed by atoms with Gasteiger partial charge in [0.2, 0.25) is 0 Å². The van der Waals surface area contributed by atoms with Crippen LogP contribution in [0.4, 0.5) is 28.9 Å². The van der Waals surface area contributed by atoms with Gasteiger partial charge in [-0.2, -0.15) is 18.3 Å².